The maximum Gasteiger partial charge on any atom is 0.142 e. The minimum Gasteiger partial charge on any atom is -1.00 e. The van der Waals surface area contributed by atoms with Crippen molar-refractivity contribution < 1.29 is 17.5 Å². The van der Waals surface area contributed by atoms with E-state index in [-0.39, 0.29) is 18.2 Å². The Balaban J connectivity index is 0.00000169. The number of hydrogen-bond acceptors (Lipinski definition) is 5. The Morgan fingerprint density at radius 2 is 1.67 bits per heavy atom. The number of fused-ring (bicyclic) bond motifs is 1. The van der Waals surface area contributed by atoms with E-state index in [1.807, 2.05) is 30.3 Å². The molecule has 0 radical (unpaired) electrons. The average Bonchev–Trinajstić information content (AvgIpc) is 3.03. The summed E-state index contributed by atoms with van der Waals surface area (Å²) in [6.07, 6.45) is 1.57. The maximum atomic E-state index is 9.37. The summed E-state index contributed by atoms with van der Waals surface area (Å²) >= 11 is 1.65. The number of nitrogens with one attached hydrogen (secondary N) is 1. The van der Waals surface area contributed by atoms with E-state index in [0.29, 0.717) is 0 Å². The van der Waals surface area contributed by atoms with Crippen LogP contribution in [0.3, 0.4) is 0 Å². The van der Waals surface area contributed by atoms with E-state index in [4.69, 9.17) is 0 Å². The van der Waals surface area contributed by atoms with Gasteiger partial charge in [0.1, 0.15) is 22.7 Å². The molecular formula is C18H13ClN3OS-. The first-order valence-electron chi connectivity index (χ1n) is 7.15. The van der Waals surface area contributed by atoms with Gasteiger partial charge in [-0.1, -0.05) is 30.3 Å². The molecule has 2 N–H and O–H groups in total. The quantitative estimate of drug-likeness (QED) is 0.551. The highest BCUT2D eigenvalue weighted by molar-refractivity contribution is 7.21. The van der Waals surface area contributed by atoms with Gasteiger partial charge in [-0.2, -0.15) is 0 Å². The van der Waals surface area contributed by atoms with Crippen molar-refractivity contribution in [2.24, 2.45) is 0 Å². The molecule has 0 amide bonds. The average molecular weight is 355 g/mol. The molecule has 0 aliphatic rings. The first-order valence-corrected chi connectivity index (χ1v) is 7.97. The maximum absolute atomic E-state index is 9.37. The molecule has 0 fully saturated rings. The van der Waals surface area contributed by atoms with Gasteiger partial charge in [0, 0.05) is 10.6 Å². The van der Waals surface area contributed by atoms with E-state index in [1.165, 1.54) is 5.56 Å². The van der Waals surface area contributed by atoms with E-state index in [2.05, 4.69) is 33.5 Å². The van der Waals surface area contributed by atoms with Gasteiger partial charge in [-0.15, -0.1) is 11.3 Å². The number of aromatic hydroxyl groups is 1. The van der Waals surface area contributed by atoms with E-state index < -0.39 is 0 Å². The molecular weight excluding hydrogens is 342 g/mol. The number of hydrogen-bond donors (Lipinski definition) is 2. The van der Waals surface area contributed by atoms with Crippen LogP contribution in [-0.2, 0) is 0 Å². The Kier molecular flexibility index (Phi) is 4.64. The Morgan fingerprint density at radius 3 is 2.42 bits per heavy atom. The molecule has 0 atom stereocenters. The second-order valence-electron chi connectivity index (χ2n) is 5.09. The Labute approximate surface area is 149 Å². The molecule has 2 aromatic heterocycles. The van der Waals surface area contributed by atoms with Crippen LogP contribution in [0.4, 0.5) is 11.5 Å². The van der Waals surface area contributed by atoms with Crippen LogP contribution in [0.2, 0.25) is 0 Å². The van der Waals surface area contributed by atoms with Crippen LogP contribution in [0.25, 0.3) is 20.7 Å². The number of halogens is 1. The summed E-state index contributed by atoms with van der Waals surface area (Å²) in [6.45, 7) is 0. The molecule has 0 aliphatic heterocycles. The SMILES string of the molecule is Oc1ccc(Nc2ncnc3sc(-c4ccccc4)cc23)cc1.[Cl-]. The van der Waals surface area contributed by atoms with E-state index in [1.54, 1.807) is 29.8 Å². The fraction of sp³-hybridized carbons (Fsp3) is 0. The van der Waals surface area contributed by atoms with Crippen LogP contribution in [-0.4, -0.2) is 15.1 Å². The number of aromatic nitrogens is 2. The molecule has 0 spiro atoms. The van der Waals surface area contributed by atoms with E-state index in [9.17, 15) is 5.11 Å². The zero-order valence-corrected chi connectivity index (χ0v) is 14.1. The van der Waals surface area contributed by atoms with Gasteiger partial charge in [-0.3, -0.25) is 0 Å². The highest BCUT2D eigenvalue weighted by Gasteiger charge is 2.10. The monoisotopic (exact) mass is 354 g/mol. The predicted octanol–water partition coefficient (Wildman–Crippen LogP) is 1.81. The van der Waals surface area contributed by atoms with Crippen LogP contribution < -0.4 is 17.7 Å². The van der Waals surface area contributed by atoms with Crippen molar-refractivity contribution >= 4 is 33.1 Å². The number of phenols is 1. The van der Waals surface area contributed by atoms with Crippen LogP contribution in [0.15, 0.2) is 67.0 Å². The molecule has 4 rings (SSSR count). The largest absolute Gasteiger partial charge is 1.00 e. The lowest BCUT2D eigenvalue weighted by Crippen LogP contribution is -3.00. The lowest BCUT2D eigenvalue weighted by atomic mass is 10.2. The number of anilines is 2. The molecule has 120 valence electrons. The van der Waals surface area contributed by atoms with Crippen molar-refractivity contribution in [2.75, 3.05) is 5.32 Å². The van der Waals surface area contributed by atoms with E-state index >= 15 is 0 Å². The topological polar surface area (TPSA) is 58.0 Å². The smallest absolute Gasteiger partial charge is 0.142 e. The summed E-state index contributed by atoms with van der Waals surface area (Å²) in [6, 6.07) is 19.3. The third kappa shape index (κ3) is 3.18. The fourth-order valence-corrected chi connectivity index (χ4v) is 3.39. The van der Waals surface area contributed by atoms with Crippen molar-refractivity contribution in [3.63, 3.8) is 0 Å². The summed E-state index contributed by atoms with van der Waals surface area (Å²) in [7, 11) is 0. The molecule has 0 bridgehead atoms. The summed E-state index contributed by atoms with van der Waals surface area (Å²) in [5.74, 6) is 1.00. The minimum atomic E-state index is 0. The first-order chi connectivity index (χ1) is 11.3. The molecule has 0 saturated carbocycles. The highest BCUT2D eigenvalue weighted by atomic mass is 35.5. The molecule has 24 heavy (non-hydrogen) atoms. The third-order valence-corrected chi connectivity index (χ3v) is 4.61. The van der Waals surface area contributed by atoms with Crippen LogP contribution >= 0.6 is 11.3 Å². The summed E-state index contributed by atoms with van der Waals surface area (Å²) in [4.78, 5) is 10.8. The lowest BCUT2D eigenvalue weighted by Gasteiger charge is -2.06. The summed E-state index contributed by atoms with van der Waals surface area (Å²) < 4.78 is 0. The van der Waals surface area contributed by atoms with Gasteiger partial charge >= 0.3 is 0 Å². The number of benzene rings is 2. The third-order valence-electron chi connectivity index (χ3n) is 3.52. The minimum absolute atomic E-state index is 0. The molecule has 6 heteroatoms. The first kappa shape index (κ1) is 16.2. The van der Waals surface area contributed by atoms with Gasteiger partial charge in [0.15, 0.2) is 0 Å². The number of thiophene rings is 1. The van der Waals surface area contributed by atoms with Gasteiger partial charge in [-0.05, 0) is 35.9 Å². The van der Waals surface area contributed by atoms with Gasteiger partial charge in [0.05, 0.1) is 5.39 Å². The Hall–Kier alpha value is -2.63. The fourth-order valence-electron chi connectivity index (χ4n) is 2.38. The normalized spacial score (nSPS) is 10.3. The van der Waals surface area contributed by atoms with Crippen molar-refractivity contribution in [3.05, 3.63) is 67.0 Å². The molecule has 0 unspecified atom stereocenters. The van der Waals surface area contributed by atoms with Crippen molar-refractivity contribution in [3.8, 4) is 16.2 Å². The lowest BCUT2D eigenvalue weighted by molar-refractivity contribution is -0.00000551. The van der Waals surface area contributed by atoms with Gasteiger partial charge in [-0.25, -0.2) is 9.97 Å². The summed E-state index contributed by atoms with van der Waals surface area (Å²) in [5, 5.41) is 13.6. The predicted molar refractivity (Wildman–Crippen MR) is 94.2 cm³/mol. The van der Waals surface area contributed by atoms with E-state index in [0.717, 1.165) is 26.6 Å². The number of nitrogens with zero attached hydrogens (tertiary/aromatic N) is 2. The zero-order valence-electron chi connectivity index (χ0n) is 12.5. The molecule has 0 saturated heterocycles. The molecule has 0 aliphatic carbocycles. The Morgan fingerprint density at radius 1 is 0.917 bits per heavy atom. The van der Waals surface area contributed by atoms with Gasteiger partial charge in [0.25, 0.3) is 0 Å². The zero-order chi connectivity index (χ0) is 15.6. The standard InChI is InChI=1S/C18H13N3OS.ClH/c22-14-8-6-13(7-9-14)21-17-15-10-16(12-4-2-1-3-5-12)23-18(15)20-11-19-17;/h1-11,22H,(H,19,20,21);1H/p-1. The second-order valence-corrected chi connectivity index (χ2v) is 6.12. The Bertz CT molecular complexity index is 955. The van der Waals surface area contributed by atoms with Crippen LogP contribution in [0.1, 0.15) is 0 Å². The second kappa shape index (κ2) is 6.86. The van der Waals surface area contributed by atoms with Crippen LogP contribution in [0, 0.1) is 0 Å². The van der Waals surface area contributed by atoms with Crippen molar-refractivity contribution in [2.45, 2.75) is 0 Å². The molecule has 2 aromatic carbocycles. The van der Waals surface area contributed by atoms with Crippen molar-refractivity contribution in [1.29, 1.82) is 0 Å². The number of phenolic OH excluding ortho intramolecular Hbond substituents is 1. The highest BCUT2D eigenvalue weighted by Crippen LogP contribution is 2.35. The summed E-state index contributed by atoms with van der Waals surface area (Å²) in [5.41, 5.74) is 2.04. The van der Waals surface area contributed by atoms with Gasteiger partial charge < -0.3 is 22.8 Å². The number of rotatable bonds is 3. The molecule has 4 nitrogen and oxygen atoms in total. The van der Waals surface area contributed by atoms with Crippen molar-refractivity contribution in [1.82, 2.24) is 9.97 Å². The van der Waals surface area contributed by atoms with Crippen LogP contribution in [0.5, 0.6) is 5.75 Å². The van der Waals surface area contributed by atoms with Gasteiger partial charge in [0.2, 0.25) is 0 Å². The molecule has 4 aromatic rings. The molecule has 2 heterocycles.